The monoisotopic (exact) mass is 388 g/mol. The number of carbonyl (C=O) groups is 2. The molecule has 2 aromatic rings. The standard InChI is InChI=1S/C23H24N4O2/c1-16(28)27-9-5-8-18(13-27)23(29)25-20-10-19-12-26(15-24)14-22(19)21(11-20)17-6-3-2-4-7-17/h2-4,6-7,10-11,18H,5,8-9,12-14H2,1H3,(H,25,29). The van der Waals surface area contributed by atoms with Crippen molar-refractivity contribution in [1.29, 1.82) is 5.26 Å². The van der Waals surface area contributed by atoms with Crippen molar-refractivity contribution < 1.29 is 9.59 Å². The first-order valence-electron chi connectivity index (χ1n) is 9.97. The van der Waals surface area contributed by atoms with Crippen LogP contribution in [0.15, 0.2) is 42.5 Å². The van der Waals surface area contributed by atoms with E-state index < -0.39 is 0 Å². The fraction of sp³-hybridized carbons (Fsp3) is 0.348. The molecule has 0 spiro atoms. The highest BCUT2D eigenvalue weighted by Crippen LogP contribution is 2.35. The minimum atomic E-state index is -0.198. The van der Waals surface area contributed by atoms with Crippen molar-refractivity contribution in [3.63, 3.8) is 0 Å². The van der Waals surface area contributed by atoms with Crippen LogP contribution in [0.2, 0.25) is 0 Å². The van der Waals surface area contributed by atoms with Crippen LogP contribution in [0.3, 0.4) is 0 Å². The second-order valence-electron chi connectivity index (χ2n) is 7.78. The average Bonchev–Trinajstić information content (AvgIpc) is 3.17. The molecule has 0 aliphatic carbocycles. The predicted molar refractivity (Wildman–Crippen MR) is 110 cm³/mol. The summed E-state index contributed by atoms with van der Waals surface area (Å²) in [5.41, 5.74) is 5.06. The van der Waals surface area contributed by atoms with E-state index in [0.717, 1.165) is 47.3 Å². The van der Waals surface area contributed by atoms with Crippen LogP contribution in [-0.2, 0) is 22.7 Å². The van der Waals surface area contributed by atoms with E-state index in [2.05, 4.69) is 11.5 Å². The number of hydrogen-bond acceptors (Lipinski definition) is 4. The van der Waals surface area contributed by atoms with Crippen molar-refractivity contribution in [3.8, 4) is 17.3 Å². The predicted octanol–water partition coefficient (Wildman–Crippen LogP) is 3.35. The number of hydrogen-bond donors (Lipinski definition) is 1. The largest absolute Gasteiger partial charge is 0.342 e. The molecule has 2 aliphatic rings. The van der Waals surface area contributed by atoms with Gasteiger partial charge in [0.15, 0.2) is 6.19 Å². The molecule has 6 heteroatoms. The number of nitrogens with one attached hydrogen (secondary N) is 1. The summed E-state index contributed by atoms with van der Waals surface area (Å²) in [4.78, 5) is 28.0. The number of carbonyl (C=O) groups excluding carboxylic acids is 2. The summed E-state index contributed by atoms with van der Waals surface area (Å²) < 4.78 is 0. The molecule has 0 saturated carbocycles. The Labute approximate surface area is 170 Å². The van der Waals surface area contributed by atoms with Gasteiger partial charge in [0.05, 0.1) is 19.0 Å². The highest BCUT2D eigenvalue weighted by atomic mass is 16.2. The van der Waals surface area contributed by atoms with Gasteiger partial charge in [0.25, 0.3) is 0 Å². The summed E-state index contributed by atoms with van der Waals surface area (Å²) in [6.45, 7) is 3.88. The van der Waals surface area contributed by atoms with Crippen LogP contribution in [-0.4, -0.2) is 34.7 Å². The maximum atomic E-state index is 12.9. The lowest BCUT2D eigenvalue weighted by Crippen LogP contribution is -2.42. The molecule has 2 aliphatic heterocycles. The van der Waals surface area contributed by atoms with Gasteiger partial charge in [-0.3, -0.25) is 9.59 Å². The second kappa shape index (κ2) is 7.96. The lowest BCUT2D eigenvalue weighted by molar-refractivity contribution is -0.132. The van der Waals surface area contributed by atoms with Crippen molar-refractivity contribution in [2.24, 2.45) is 5.92 Å². The zero-order valence-corrected chi connectivity index (χ0v) is 16.5. The van der Waals surface area contributed by atoms with Crippen LogP contribution in [0.25, 0.3) is 11.1 Å². The van der Waals surface area contributed by atoms with Gasteiger partial charge in [-0.25, -0.2) is 0 Å². The van der Waals surface area contributed by atoms with E-state index in [0.29, 0.717) is 19.6 Å². The molecule has 29 heavy (non-hydrogen) atoms. The Morgan fingerprint density at radius 1 is 1.17 bits per heavy atom. The zero-order chi connectivity index (χ0) is 20.4. The van der Waals surface area contributed by atoms with E-state index in [1.165, 1.54) is 0 Å². The Balaban J connectivity index is 1.61. The number of piperidine rings is 1. The number of anilines is 1. The maximum Gasteiger partial charge on any atom is 0.229 e. The first-order chi connectivity index (χ1) is 14.0. The lowest BCUT2D eigenvalue weighted by atomic mass is 9.95. The quantitative estimate of drug-likeness (QED) is 0.818. The Hall–Kier alpha value is -3.33. The maximum absolute atomic E-state index is 12.9. The van der Waals surface area contributed by atoms with Gasteiger partial charge < -0.3 is 15.1 Å². The SMILES string of the molecule is CC(=O)N1CCCC(C(=O)Nc2cc3c(c(-c4ccccc4)c2)CN(C#N)C3)C1. The summed E-state index contributed by atoms with van der Waals surface area (Å²) in [6, 6.07) is 14.0. The van der Waals surface area contributed by atoms with E-state index >= 15 is 0 Å². The van der Waals surface area contributed by atoms with Crippen molar-refractivity contribution in [3.05, 3.63) is 53.6 Å². The molecular weight excluding hydrogens is 364 g/mol. The van der Waals surface area contributed by atoms with Gasteiger partial charge in [-0.1, -0.05) is 30.3 Å². The first kappa shape index (κ1) is 19.0. The Morgan fingerprint density at radius 2 is 1.97 bits per heavy atom. The first-order valence-corrected chi connectivity index (χ1v) is 9.97. The smallest absolute Gasteiger partial charge is 0.229 e. The number of likely N-dealkylation sites (tertiary alicyclic amines) is 1. The van der Waals surface area contributed by atoms with Crippen molar-refractivity contribution >= 4 is 17.5 Å². The molecule has 1 N–H and O–H groups in total. The van der Waals surface area contributed by atoms with E-state index in [1.54, 1.807) is 16.7 Å². The number of benzene rings is 2. The fourth-order valence-electron chi connectivity index (χ4n) is 4.25. The minimum Gasteiger partial charge on any atom is -0.342 e. The zero-order valence-electron chi connectivity index (χ0n) is 16.5. The number of rotatable bonds is 3. The van der Waals surface area contributed by atoms with Gasteiger partial charge in [-0.2, -0.15) is 5.26 Å². The molecule has 1 fully saturated rings. The summed E-state index contributed by atoms with van der Waals surface area (Å²) in [7, 11) is 0. The lowest BCUT2D eigenvalue weighted by Gasteiger charge is -2.31. The van der Waals surface area contributed by atoms with Gasteiger partial charge >= 0.3 is 0 Å². The molecule has 2 aromatic carbocycles. The third kappa shape index (κ3) is 3.95. The van der Waals surface area contributed by atoms with Crippen molar-refractivity contribution in [1.82, 2.24) is 9.80 Å². The van der Waals surface area contributed by atoms with Gasteiger partial charge in [-0.05, 0) is 47.2 Å². The Kier molecular flexibility index (Phi) is 5.22. The molecule has 1 atom stereocenters. The summed E-state index contributed by atoms with van der Waals surface area (Å²) in [6.07, 6.45) is 3.85. The van der Waals surface area contributed by atoms with Gasteiger partial charge in [-0.15, -0.1) is 0 Å². The van der Waals surface area contributed by atoms with Crippen LogP contribution < -0.4 is 5.32 Å². The Morgan fingerprint density at radius 3 is 2.69 bits per heavy atom. The van der Waals surface area contributed by atoms with Crippen LogP contribution in [0.4, 0.5) is 5.69 Å². The Bertz CT molecular complexity index is 980. The van der Waals surface area contributed by atoms with E-state index in [9.17, 15) is 14.9 Å². The molecular formula is C23H24N4O2. The number of nitrogens with zero attached hydrogens (tertiary/aromatic N) is 3. The molecule has 0 bridgehead atoms. The van der Waals surface area contributed by atoms with Gasteiger partial charge in [0, 0.05) is 25.7 Å². The number of fused-ring (bicyclic) bond motifs is 1. The topological polar surface area (TPSA) is 76.4 Å². The molecule has 1 saturated heterocycles. The molecule has 0 radical (unpaired) electrons. The third-order valence-electron chi connectivity index (χ3n) is 5.78. The van der Waals surface area contributed by atoms with E-state index in [1.807, 2.05) is 42.5 Å². The number of nitriles is 1. The normalized spacial score (nSPS) is 18.1. The molecule has 6 nitrogen and oxygen atoms in total. The third-order valence-corrected chi connectivity index (χ3v) is 5.78. The molecule has 0 aromatic heterocycles. The van der Waals surface area contributed by atoms with Crippen LogP contribution >= 0.6 is 0 Å². The van der Waals surface area contributed by atoms with Crippen molar-refractivity contribution in [2.75, 3.05) is 18.4 Å². The van der Waals surface area contributed by atoms with Gasteiger partial charge in [0.1, 0.15) is 0 Å². The highest BCUT2D eigenvalue weighted by molar-refractivity contribution is 5.94. The second-order valence-corrected chi connectivity index (χ2v) is 7.78. The highest BCUT2D eigenvalue weighted by Gasteiger charge is 2.28. The molecule has 1 unspecified atom stereocenters. The van der Waals surface area contributed by atoms with Gasteiger partial charge in [0.2, 0.25) is 11.8 Å². The molecule has 4 rings (SSSR count). The summed E-state index contributed by atoms with van der Waals surface area (Å²) in [5, 5.41) is 12.4. The minimum absolute atomic E-state index is 0.0167. The fourth-order valence-corrected chi connectivity index (χ4v) is 4.25. The van der Waals surface area contributed by atoms with Crippen LogP contribution in [0.5, 0.6) is 0 Å². The number of amides is 2. The van der Waals surface area contributed by atoms with Crippen LogP contribution in [0, 0.1) is 17.4 Å². The van der Waals surface area contributed by atoms with E-state index in [-0.39, 0.29) is 17.7 Å². The molecule has 148 valence electrons. The molecule has 2 amide bonds. The summed E-state index contributed by atoms with van der Waals surface area (Å²) in [5.74, 6) is -0.232. The van der Waals surface area contributed by atoms with Crippen molar-refractivity contribution in [2.45, 2.75) is 32.9 Å². The average molecular weight is 388 g/mol. The van der Waals surface area contributed by atoms with E-state index in [4.69, 9.17) is 0 Å². The van der Waals surface area contributed by atoms with Crippen LogP contribution in [0.1, 0.15) is 30.9 Å². The summed E-state index contributed by atoms with van der Waals surface area (Å²) >= 11 is 0. The molecule has 2 heterocycles.